The Labute approximate surface area is 147 Å². The Bertz CT molecular complexity index is 778. The smallest absolute Gasteiger partial charge is 0.255 e. The standard InChI is InChI=1S/C20H23N3O2/c1-14-17(20(25)23-11-2-3-12-23)5-4-6-18(14)22-19(24)16-9-7-15(13-21)8-10-16/h4-10H,2-3,11-13,21H2,1H3,(H,22,24). The van der Waals surface area contributed by atoms with Crippen LogP contribution in [0.3, 0.4) is 0 Å². The highest BCUT2D eigenvalue weighted by molar-refractivity contribution is 6.06. The fraction of sp³-hybridized carbons (Fsp3) is 0.300. The molecular weight excluding hydrogens is 314 g/mol. The van der Waals surface area contributed by atoms with Crippen molar-refractivity contribution in [3.8, 4) is 0 Å². The Morgan fingerprint density at radius 1 is 1.08 bits per heavy atom. The zero-order valence-electron chi connectivity index (χ0n) is 14.4. The number of nitrogens with one attached hydrogen (secondary N) is 1. The first kappa shape index (κ1) is 17.2. The number of carbonyl (C=O) groups excluding carboxylic acids is 2. The molecule has 3 rings (SSSR count). The van der Waals surface area contributed by atoms with Crippen molar-refractivity contribution in [3.05, 3.63) is 64.7 Å². The molecule has 2 aromatic carbocycles. The third-order valence-electron chi connectivity index (χ3n) is 4.66. The van der Waals surface area contributed by atoms with Gasteiger partial charge in [-0.3, -0.25) is 9.59 Å². The van der Waals surface area contributed by atoms with Crippen LogP contribution in [0.15, 0.2) is 42.5 Å². The molecule has 1 fully saturated rings. The lowest BCUT2D eigenvalue weighted by Crippen LogP contribution is -2.28. The van der Waals surface area contributed by atoms with Gasteiger partial charge in [0.15, 0.2) is 0 Å². The molecule has 5 heteroatoms. The third kappa shape index (κ3) is 3.72. The van der Waals surface area contributed by atoms with Crippen LogP contribution >= 0.6 is 0 Å². The Hall–Kier alpha value is -2.66. The molecule has 0 aromatic heterocycles. The van der Waals surface area contributed by atoms with Crippen LogP contribution in [-0.4, -0.2) is 29.8 Å². The second kappa shape index (κ2) is 7.49. The summed E-state index contributed by atoms with van der Waals surface area (Å²) in [7, 11) is 0. The van der Waals surface area contributed by atoms with Gasteiger partial charge in [-0.25, -0.2) is 0 Å². The first-order valence-corrected chi connectivity index (χ1v) is 8.59. The van der Waals surface area contributed by atoms with Gasteiger partial charge in [0.1, 0.15) is 0 Å². The average molecular weight is 337 g/mol. The van der Waals surface area contributed by atoms with Crippen molar-refractivity contribution in [3.63, 3.8) is 0 Å². The lowest BCUT2D eigenvalue weighted by atomic mass is 10.0. The summed E-state index contributed by atoms with van der Waals surface area (Å²) >= 11 is 0. The number of benzene rings is 2. The number of likely N-dealkylation sites (tertiary alicyclic amines) is 1. The van der Waals surface area contributed by atoms with Gasteiger partial charge in [0.05, 0.1) is 0 Å². The van der Waals surface area contributed by atoms with Crippen molar-refractivity contribution in [2.75, 3.05) is 18.4 Å². The molecule has 25 heavy (non-hydrogen) atoms. The van der Waals surface area contributed by atoms with Crippen molar-refractivity contribution >= 4 is 17.5 Å². The van der Waals surface area contributed by atoms with E-state index in [1.54, 1.807) is 12.1 Å². The quantitative estimate of drug-likeness (QED) is 0.901. The van der Waals surface area contributed by atoms with E-state index in [1.165, 1.54) is 0 Å². The van der Waals surface area contributed by atoms with Crippen LogP contribution in [0.4, 0.5) is 5.69 Å². The monoisotopic (exact) mass is 337 g/mol. The maximum absolute atomic E-state index is 12.6. The molecule has 0 radical (unpaired) electrons. The van der Waals surface area contributed by atoms with Crippen LogP contribution in [0.1, 0.15) is 44.7 Å². The van der Waals surface area contributed by atoms with Gasteiger partial charge in [0.25, 0.3) is 11.8 Å². The highest BCUT2D eigenvalue weighted by atomic mass is 16.2. The number of hydrogen-bond acceptors (Lipinski definition) is 3. The number of carbonyl (C=O) groups is 2. The maximum Gasteiger partial charge on any atom is 0.255 e. The summed E-state index contributed by atoms with van der Waals surface area (Å²) in [6.07, 6.45) is 2.11. The van der Waals surface area contributed by atoms with Crippen molar-refractivity contribution in [1.29, 1.82) is 0 Å². The number of nitrogens with zero attached hydrogens (tertiary/aromatic N) is 1. The van der Waals surface area contributed by atoms with Crippen LogP contribution in [0, 0.1) is 6.92 Å². The highest BCUT2D eigenvalue weighted by Gasteiger charge is 2.22. The predicted molar refractivity (Wildman–Crippen MR) is 98.6 cm³/mol. The normalized spacial score (nSPS) is 13.8. The van der Waals surface area contributed by atoms with Gasteiger partial charge >= 0.3 is 0 Å². The lowest BCUT2D eigenvalue weighted by molar-refractivity contribution is 0.0791. The number of amides is 2. The molecule has 0 saturated carbocycles. The summed E-state index contributed by atoms with van der Waals surface area (Å²) < 4.78 is 0. The van der Waals surface area contributed by atoms with E-state index in [0.29, 0.717) is 23.4 Å². The third-order valence-corrected chi connectivity index (χ3v) is 4.66. The van der Waals surface area contributed by atoms with Crippen molar-refractivity contribution in [2.24, 2.45) is 5.73 Å². The van der Waals surface area contributed by atoms with E-state index in [4.69, 9.17) is 5.73 Å². The number of nitrogens with two attached hydrogens (primary N) is 1. The number of rotatable bonds is 4. The molecule has 0 aliphatic carbocycles. The molecule has 5 nitrogen and oxygen atoms in total. The van der Waals surface area contributed by atoms with Crippen molar-refractivity contribution in [2.45, 2.75) is 26.3 Å². The van der Waals surface area contributed by atoms with E-state index >= 15 is 0 Å². The predicted octanol–water partition coefficient (Wildman–Crippen LogP) is 2.94. The molecule has 0 unspecified atom stereocenters. The second-order valence-corrected chi connectivity index (χ2v) is 6.33. The van der Waals surface area contributed by atoms with E-state index < -0.39 is 0 Å². The first-order valence-electron chi connectivity index (χ1n) is 8.59. The van der Waals surface area contributed by atoms with Crippen LogP contribution < -0.4 is 11.1 Å². The molecule has 1 heterocycles. The summed E-state index contributed by atoms with van der Waals surface area (Å²) in [5.41, 5.74) is 9.23. The lowest BCUT2D eigenvalue weighted by Gasteiger charge is -2.18. The average Bonchev–Trinajstić information content (AvgIpc) is 3.17. The van der Waals surface area contributed by atoms with Gasteiger partial charge in [0, 0.05) is 36.4 Å². The van der Waals surface area contributed by atoms with Gasteiger partial charge < -0.3 is 16.0 Å². The molecular formula is C20H23N3O2. The largest absolute Gasteiger partial charge is 0.339 e. The van der Waals surface area contributed by atoms with E-state index in [9.17, 15) is 9.59 Å². The van der Waals surface area contributed by atoms with E-state index in [0.717, 1.165) is 37.1 Å². The van der Waals surface area contributed by atoms with Crippen LogP contribution in [0.25, 0.3) is 0 Å². The van der Waals surface area contributed by atoms with Gasteiger partial charge in [0.2, 0.25) is 0 Å². The molecule has 0 bridgehead atoms. The molecule has 1 aliphatic rings. The summed E-state index contributed by atoms with van der Waals surface area (Å²) in [4.78, 5) is 27.0. The zero-order valence-corrected chi connectivity index (χ0v) is 14.4. The minimum absolute atomic E-state index is 0.0402. The van der Waals surface area contributed by atoms with Gasteiger partial charge in [-0.2, -0.15) is 0 Å². The first-order chi connectivity index (χ1) is 12.1. The molecule has 0 atom stereocenters. The van der Waals surface area contributed by atoms with Crippen molar-refractivity contribution in [1.82, 2.24) is 4.90 Å². The van der Waals surface area contributed by atoms with Gasteiger partial charge in [-0.05, 0) is 55.2 Å². The van der Waals surface area contributed by atoms with Gasteiger partial charge in [-0.1, -0.05) is 18.2 Å². The summed E-state index contributed by atoms with van der Waals surface area (Å²) in [5, 5.41) is 2.91. The minimum atomic E-state index is -0.197. The molecule has 2 aromatic rings. The molecule has 130 valence electrons. The van der Waals surface area contributed by atoms with E-state index in [-0.39, 0.29) is 11.8 Å². The van der Waals surface area contributed by atoms with Crippen LogP contribution in [0.2, 0.25) is 0 Å². The number of anilines is 1. The Morgan fingerprint density at radius 3 is 2.40 bits per heavy atom. The summed E-state index contributed by atoms with van der Waals surface area (Å²) in [6.45, 7) is 3.93. The number of hydrogen-bond donors (Lipinski definition) is 2. The molecule has 1 saturated heterocycles. The van der Waals surface area contributed by atoms with Gasteiger partial charge in [-0.15, -0.1) is 0 Å². The fourth-order valence-corrected chi connectivity index (χ4v) is 3.08. The Kier molecular flexibility index (Phi) is 5.14. The minimum Gasteiger partial charge on any atom is -0.339 e. The molecule has 1 aliphatic heterocycles. The fourth-order valence-electron chi connectivity index (χ4n) is 3.08. The van der Waals surface area contributed by atoms with E-state index in [2.05, 4.69) is 5.32 Å². The molecule has 3 N–H and O–H groups in total. The second-order valence-electron chi connectivity index (χ2n) is 6.33. The van der Waals surface area contributed by atoms with E-state index in [1.807, 2.05) is 42.2 Å². The maximum atomic E-state index is 12.6. The SMILES string of the molecule is Cc1c(NC(=O)c2ccc(CN)cc2)cccc1C(=O)N1CCCC1. The molecule has 2 amide bonds. The Morgan fingerprint density at radius 2 is 1.76 bits per heavy atom. The summed E-state index contributed by atoms with van der Waals surface area (Å²) in [5.74, 6) is -0.157. The van der Waals surface area contributed by atoms with Crippen LogP contribution in [-0.2, 0) is 6.54 Å². The zero-order chi connectivity index (χ0) is 17.8. The Balaban J connectivity index is 1.79. The van der Waals surface area contributed by atoms with Crippen molar-refractivity contribution < 1.29 is 9.59 Å². The summed E-state index contributed by atoms with van der Waals surface area (Å²) in [6, 6.07) is 12.6. The molecule has 0 spiro atoms. The van der Waals surface area contributed by atoms with Crippen LogP contribution in [0.5, 0.6) is 0 Å². The topological polar surface area (TPSA) is 75.4 Å². The highest BCUT2D eigenvalue weighted by Crippen LogP contribution is 2.23.